The van der Waals surface area contributed by atoms with Crippen molar-refractivity contribution in [2.75, 3.05) is 19.7 Å². The van der Waals surface area contributed by atoms with E-state index in [1.807, 2.05) is 30.6 Å². The first-order valence-corrected chi connectivity index (χ1v) is 14.5. The van der Waals surface area contributed by atoms with Crippen LogP contribution < -0.4 is 15.0 Å². The van der Waals surface area contributed by atoms with Gasteiger partial charge in [-0.25, -0.2) is 4.98 Å². The number of para-hydroxylation sites is 1. The van der Waals surface area contributed by atoms with Crippen LogP contribution in [0.2, 0.25) is 5.02 Å². The molecule has 0 aliphatic carbocycles. The number of hydrogen-bond donors (Lipinski definition) is 3. The summed E-state index contributed by atoms with van der Waals surface area (Å²) in [6, 6.07) is 11.4. The SMILES string of the molecule is C[C@]1(c2ccc(Cl)cn2)Oc2cccc(C3CCN(Cc4nc5cc(C(=N)NO)nnc5n4C[C@@H]4CCO4)CC3)c2O1. The monoisotopic (exact) mass is 590 g/mol. The Morgan fingerprint density at radius 2 is 2.00 bits per heavy atom. The molecule has 3 N–H and O–H groups in total. The summed E-state index contributed by atoms with van der Waals surface area (Å²) in [6.07, 6.45) is 4.65. The van der Waals surface area contributed by atoms with Crippen molar-refractivity contribution in [1.82, 2.24) is 35.1 Å². The molecule has 2 fully saturated rings. The molecule has 3 aliphatic heterocycles. The summed E-state index contributed by atoms with van der Waals surface area (Å²) in [6.45, 7) is 5.75. The molecule has 3 aliphatic rings. The van der Waals surface area contributed by atoms with Gasteiger partial charge in [0.15, 0.2) is 23.0 Å². The standard InChI is InChI=1S/C29H31ClN8O4/c1-29(24-6-5-18(30)14-32-24)41-23-4-2-3-20(26(23)42-29)17-7-10-37(11-8-17)16-25-33-22-13-21(27(31)36-39)34-35-28(22)38(25)15-19-9-12-40-19/h2-6,13-14,17,19,39H,7-12,15-16H2,1H3,(H2,31,36)/t19-,29-/m0/s1. The molecule has 0 saturated carbocycles. The van der Waals surface area contributed by atoms with Crippen molar-refractivity contribution in [1.29, 1.82) is 5.41 Å². The number of imidazole rings is 1. The largest absolute Gasteiger partial charge is 0.443 e. The number of fused-ring (bicyclic) bond motifs is 2. The third kappa shape index (κ3) is 4.94. The molecule has 42 heavy (non-hydrogen) atoms. The van der Waals surface area contributed by atoms with Crippen molar-refractivity contribution >= 4 is 28.6 Å². The molecule has 13 heteroatoms. The van der Waals surface area contributed by atoms with E-state index in [1.54, 1.807) is 18.3 Å². The van der Waals surface area contributed by atoms with Crippen LogP contribution in [-0.4, -0.2) is 66.5 Å². The fraction of sp³-hybridized carbons (Fsp3) is 0.414. The van der Waals surface area contributed by atoms with Gasteiger partial charge in [-0.05, 0) is 62.5 Å². The van der Waals surface area contributed by atoms with E-state index in [2.05, 4.69) is 30.7 Å². The molecule has 7 rings (SSSR count). The Morgan fingerprint density at radius 3 is 2.71 bits per heavy atom. The molecule has 1 aromatic carbocycles. The van der Waals surface area contributed by atoms with E-state index in [9.17, 15) is 0 Å². The minimum atomic E-state index is -1.01. The van der Waals surface area contributed by atoms with Crippen molar-refractivity contribution in [2.45, 2.75) is 57.1 Å². The zero-order valence-corrected chi connectivity index (χ0v) is 23.8. The number of likely N-dealkylation sites (tertiary alicyclic amines) is 1. The van der Waals surface area contributed by atoms with Crippen molar-refractivity contribution in [2.24, 2.45) is 0 Å². The lowest BCUT2D eigenvalue weighted by molar-refractivity contribution is -0.0722. The normalized spacial score (nSPS) is 22.3. The Hall–Kier alpha value is -3.84. The fourth-order valence-corrected chi connectivity index (χ4v) is 6.03. The van der Waals surface area contributed by atoms with Crippen molar-refractivity contribution in [3.8, 4) is 11.5 Å². The van der Waals surface area contributed by atoms with Crippen molar-refractivity contribution in [3.05, 3.63) is 70.4 Å². The molecular weight excluding hydrogens is 560 g/mol. The summed E-state index contributed by atoms with van der Waals surface area (Å²) < 4.78 is 20.5. The minimum Gasteiger partial charge on any atom is -0.443 e. The van der Waals surface area contributed by atoms with Crippen LogP contribution in [0.25, 0.3) is 11.2 Å². The lowest BCUT2D eigenvalue weighted by Gasteiger charge is -2.33. The van der Waals surface area contributed by atoms with Crippen LogP contribution in [0.3, 0.4) is 0 Å². The summed E-state index contributed by atoms with van der Waals surface area (Å²) in [5, 5.41) is 26.0. The number of nitrogens with one attached hydrogen (secondary N) is 2. The minimum absolute atomic E-state index is 0.127. The topological polar surface area (TPSA) is 144 Å². The van der Waals surface area contributed by atoms with Crippen LogP contribution in [-0.2, 0) is 23.6 Å². The van der Waals surface area contributed by atoms with Gasteiger partial charge in [-0.2, -0.15) is 0 Å². The second-order valence-corrected chi connectivity index (χ2v) is 11.5. The fourth-order valence-electron chi connectivity index (χ4n) is 5.92. The Balaban J connectivity index is 1.07. The van der Waals surface area contributed by atoms with Gasteiger partial charge in [-0.1, -0.05) is 23.7 Å². The molecule has 0 spiro atoms. The molecule has 218 valence electrons. The number of pyridine rings is 1. The molecular formula is C29H31ClN8O4. The predicted octanol–water partition coefficient (Wildman–Crippen LogP) is 3.99. The number of rotatable bonds is 7. The Morgan fingerprint density at radius 1 is 1.17 bits per heavy atom. The van der Waals surface area contributed by atoms with E-state index in [-0.39, 0.29) is 17.6 Å². The van der Waals surface area contributed by atoms with Crippen molar-refractivity contribution in [3.63, 3.8) is 0 Å². The third-order valence-electron chi connectivity index (χ3n) is 8.32. The average Bonchev–Trinajstić information content (AvgIpc) is 3.51. The number of benzene rings is 1. The second-order valence-electron chi connectivity index (χ2n) is 11.1. The van der Waals surface area contributed by atoms with E-state index in [0.717, 1.165) is 61.8 Å². The summed E-state index contributed by atoms with van der Waals surface area (Å²) in [5.74, 6) is 1.49. The number of piperidine rings is 1. The highest BCUT2D eigenvalue weighted by Gasteiger charge is 2.42. The second kappa shape index (κ2) is 10.8. The number of hydroxylamine groups is 1. The number of ether oxygens (including phenoxy) is 3. The van der Waals surface area contributed by atoms with Gasteiger partial charge in [0.25, 0.3) is 5.79 Å². The van der Waals surface area contributed by atoms with E-state index in [0.29, 0.717) is 40.9 Å². The highest BCUT2D eigenvalue weighted by atomic mass is 35.5. The van der Waals surface area contributed by atoms with E-state index < -0.39 is 5.79 Å². The first-order chi connectivity index (χ1) is 20.4. The third-order valence-corrected chi connectivity index (χ3v) is 8.54. The Labute approximate surface area is 247 Å². The lowest BCUT2D eigenvalue weighted by Crippen LogP contribution is -2.35. The van der Waals surface area contributed by atoms with E-state index >= 15 is 0 Å². The van der Waals surface area contributed by atoms with Gasteiger partial charge >= 0.3 is 0 Å². The van der Waals surface area contributed by atoms with Gasteiger partial charge in [0.1, 0.15) is 22.7 Å². The van der Waals surface area contributed by atoms with Gasteiger partial charge in [0, 0.05) is 25.3 Å². The van der Waals surface area contributed by atoms with Crippen LogP contribution in [0.5, 0.6) is 11.5 Å². The number of amidine groups is 1. The van der Waals surface area contributed by atoms with Crippen molar-refractivity contribution < 1.29 is 19.4 Å². The summed E-state index contributed by atoms with van der Waals surface area (Å²) in [4.78, 5) is 11.7. The predicted molar refractivity (Wildman–Crippen MR) is 153 cm³/mol. The van der Waals surface area contributed by atoms with Crippen LogP contribution in [0, 0.1) is 5.41 Å². The lowest BCUT2D eigenvalue weighted by atomic mass is 9.88. The molecule has 0 bridgehead atoms. The molecule has 2 atom stereocenters. The van der Waals surface area contributed by atoms with Gasteiger partial charge < -0.3 is 18.8 Å². The molecule has 0 amide bonds. The number of aromatic nitrogens is 5. The molecule has 0 radical (unpaired) electrons. The highest BCUT2D eigenvalue weighted by molar-refractivity contribution is 6.30. The first kappa shape index (κ1) is 27.0. The van der Waals surface area contributed by atoms with Gasteiger partial charge in [-0.15, -0.1) is 10.2 Å². The maximum Gasteiger partial charge on any atom is 0.292 e. The molecule has 12 nitrogen and oxygen atoms in total. The zero-order chi connectivity index (χ0) is 28.8. The summed E-state index contributed by atoms with van der Waals surface area (Å²) >= 11 is 6.04. The molecule has 2 saturated heterocycles. The van der Waals surface area contributed by atoms with Crippen LogP contribution in [0.1, 0.15) is 54.9 Å². The number of nitrogens with zero attached hydrogens (tertiary/aromatic N) is 6. The average molecular weight is 591 g/mol. The van der Waals surface area contributed by atoms with Gasteiger partial charge in [0.05, 0.1) is 24.2 Å². The summed E-state index contributed by atoms with van der Waals surface area (Å²) in [7, 11) is 0. The maximum atomic E-state index is 9.12. The van der Waals surface area contributed by atoms with E-state index in [4.69, 9.17) is 41.4 Å². The Bertz CT molecular complexity index is 1630. The van der Waals surface area contributed by atoms with Gasteiger partial charge in [-0.3, -0.25) is 26.0 Å². The quantitative estimate of drug-likeness (QED) is 0.164. The zero-order valence-electron chi connectivity index (χ0n) is 23.1. The smallest absolute Gasteiger partial charge is 0.292 e. The van der Waals surface area contributed by atoms with Crippen LogP contribution >= 0.6 is 11.6 Å². The van der Waals surface area contributed by atoms with Crippen LogP contribution in [0.15, 0.2) is 42.6 Å². The molecule has 4 aromatic rings. The highest BCUT2D eigenvalue weighted by Crippen LogP contribution is 2.49. The summed E-state index contributed by atoms with van der Waals surface area (Å²) in [5.41, 5.74) is 5.17. The molecule has 6 heterocycles. The van der Waals surface area contributed by atoms with Gasteiger partial charge in [0.2, 0.25) is 0 Å². The first-order valence-electron chi connectivity index (χ1n) is 14.1. The molecule has 0 unspecified atom stereocenters. The number of halogens is 1. The van der Waals surface area contributed by atoms with Crippen LogP contribution in [0.4, 0.5) is 0 Å². The molecule has 3 aromatic heterocycles. The maximum absolute atomic E-state index is 9.12. The van der Waals surface area contributed by atoms with E-state index in [1.165, 1.54) is 0 Å². The number of hydrogen-bond acceptors (Lipinski definition) is 10. The Kier molecular flexibility index (Phi) is 6.93.